The summed E-state index contributed by atoms with van der Waals surface area (Å²) >= 11 is 0. The van der Waals surface area contributed by atoms with Gasteiger partial charge in [-0.2, -0.15) is 0 Å². The molecule has 2 N–H and O–H groups in total. The Labute approximate surface area is 243 Å². The highest BCUT2D eigenvalue weighted by molar-refractivity contribution is 5.84. The van der Waals surface area contributed by atoms with E-state index in [1.54, 1.807) is 14.2 Å². The number of rotatable bonds is 19. The van der Waals surface area contributed by atoms with Crippen molar-refractivity contribution >= 4 is 11.7 Å². The maximum atomic E-state index is 12.2. The van der Waals surface area contributed by atoms with Crippen LogP contribution in [0.25, 0.3) is 0 Å². The monoisotopic (exact) mass is 561 g/mol. The van der Waals surface area contributed by atoms with Gasteiger partial charge in [-0.25, -0.2) is 0 Å². The Balaban J connectivity index is 1.64. The van der Waals surface area contributed by atoms with Crippen molar-refractivity contribution in [2.75, 3.05) is 34.0 Å². The molecular formula is C34H43NO6. The number of carbonyl (C=O) groups excluding carboxylic acids is 2. The fourth-order valence-electron chi connectivity index (χ4n) is 4.83. The average molecular weight is 562 g/mol. The third-order valence-electron chi connectivity index (χ3n) is 7.13. The Morgan fingerprint density at radius 2 is 1.27 bits per heavy atom. The second-order valence-corrected chi connectivity index (χ2v) is 9.98. The van der Waals surface area contributed by atoms with Gasteiger partial charge in [0, 0.05) is 39.0 Å². The summed E-state index contributed by atoms with van der Waals surface area (Å²) in [5.74, 6) is 1.53. The number of ketones is 1. The lowest BCUT2D eigenvalue weighted by atomic mass is 9.80. The molecule has 1 amide bonds. The summed E-state index contributed by atoms with van der Waals surface area (Å²) < 4.78 is 17.6. The van der Waals surface area contributed by atoms with Crippen molar-refractivity contribution in [1.82, 2.24) is 5.32 Å². The number of Topliss-reactive ketones (excluding diaryl/α,β-unsaturated/α-hetero) is 1. The van der Waals surface area contributed by atoms with Crippen LogP contribution in [0.2, 0.25) is 0 Å². The van der Waals surface area contributed by atoms with Crippen LogP contribution >= 0.6 is 0 Å². The van der Waals surface area contributed by atoms with Crippen molar-refractivity contribution in [3.05, 3.63) is 95.6 Å². The van der Waals surface area contributed by atoms with Crippen LogP contribution in [0.3, 0.4) is 0 Å². The summed E-state index contributed by atoms with van der Waals surface area (Å²) in [4.78, 5) is 24.2. The first-order valence-electron chi connectivity index (χ1n) is 14.4. The van der Waals surface area contributed by atoms with Crippen LogP contribution in [-0.2, 0) is 19.9 Å². The van der Waals surface area contributed by atoms with Crippen LogP contribution in [0.4, 0.5) is 0 Å². The highest BCUT2D eigenvalue weighted by atomic mass is 16.5. The maximum absolute atomic E-state index is 12.2. The van der Waals surface area contributed by atoms with E-state index in [0.717, 1.165) is 53.9 Å². The Bertz CT molecular complexity index is 1130. The van der Waals surface area contributed by atoms with Crippen LogP contribution in [0.5, 0.6) is 11.5 Å². The Morgan fingerprint density at radius 3 is 1.83 bits per heavy atom. The van der Waals surface area contributed by atoms with Crippen LogP contribution in [-0.4, -0.2) is 50.8 Å². The van der Waals surface area contributed by atoms with Crippen molar-refractivity contribution in [2.24, 2.45) is 0 Å². The van der Waals surface area contributed by atoms with Gasteiger partial charge >= 0.3 is 0 Å². The third-order valence-corrected chi connectivity index (χ3v) is 7.13. The molecule has 41 heavy (non-hydrogen) atoms. The number of nitrogens with one attached hydrogen (secondary N) is 1. The van der Waals surface area contributed by atoms with Gasteiger partial charge in [-0.15, -0.1) is 0 Å². The zero-order valence-corrected chi connectivity index (χ0v) is 24.3. The Morgan fingerprint density at radius 1 is 0.683 bits per heavy atom. The number of hydrogen-bond donors (Lipinski definition) is 2. The highest BCUT2D eigenvalue weighted by Crippen LogP contribution is 2.41. The SMILES string of the molecule is COc1ccc(C(OCCCCNC(=O)CCC(=O)CCCCCO)(c2ccccc2)c2ccc(OC)cc2)cc1. The van der Waals surface area contributed by atoms with E-state index in [9.17, 15) is 9.59 Å². The molecule has 0 aromatic heterocycles. The van der Waals surface area contributed by atoms with Gasteiger partial charge in [0.2, 0.25) is 5.91 Å². The van der Waals surface area contributed by atoms with Crippen molar-refractivity contribution in [1.29, 1.82) is 0 Å². The molecule has 0 unspecified atom stereocenters. The zero-order chi connectivity index (χ0) is 29.3. The predicted octanol–water partition coefficient (Wildman–Crippen LogP) is 5.81. The summed E-state index contributed by atoms with van der Waals surface area (Å²) in [6, 6.07) is 26.0. The molecule has 0 aliphatic carbocycles. The van der Waals surface area contributed by atoms with Gasteiger partial charge in [-0.3, -0.25) is 9.59 Å². The molecule has 0 aliphatic heterocycles. The molecule has 220 valence electrons. The summed E-state index contributed by atoms with van der Waals surface area (Å²) in [6.45, 7) is 1.14. The maximum Gasteiger partial charge on any atom is 0.220 e. The minimum absolute atomic E-state index is 0.0980. The Kier molecular flexibility index (Phi) is 13.4. The molecular weight excluding hydrogens is 518 g/mol. The lowest BCUT2D eigenvalue weighted by Crippen LogP contribution is -2.33. The second-order valence-electron chi connectivity index (χ2n) is 9.98. The molecule has 0 spiro atoms. The number of aliphatic hydroxyl groups is 1. The lowest BCUT2D eigenvalue weighted by molar-refractivity contribution is -0.125. The molecule has 0 bridgehead atoms. The Hall–Kier alpha value is -3.68. The first kappa shape index (κ1) is 31.8. The lowest BCUT2D eigenvalue weighted by Gasteiger charge is -2.36. The number of ether oxygens (including phenoxy) is 3. The van der Waals surface area contributed by atoms with E-state index in [0.29, 0.717) is 26.0 Å². The van der Waals surface area contributed by atoms with E-state index in [1.165, 1.54) is 0 Å². The number of amides is 1. The van der Waals surface area contributed by atoms with E-state index in [1.807, 2.05) is 66.7 Å². The predicted molar refractivity (Wildman–Crippen MR) is 160 cm³/mol. The van der Waals surface area contributed by atoms with Crippen LogP contribution in [0, 0.1) is 0 Å². The molecule has 7 nitrogen and oxygen atoms in total. The van der Waals surface area contributed by atoms with Crippen molar-refractivity contribution in [3.63, 3.8) is 0 Å². The zero-order valence-electron chi connectivity index (χ0n) is 24.3. The smallest absolute Gasteiger partial charge is 0.220 e. The van der Waals surface area contributed by atoms with Gasteiger partial charge in [0.15, 0.2) is 0 Å². The van der Waals surface area contributed by atoms with E-state index in [-0.39, 0.29) is 31.1 Å². The molecule has 0 saturated heterocycles. The first-order chi connectivity index (χ1) is 20.0. The van der Waals surface area contributed by atoms with Gasteiger partial charge in [0.05, 0.1) is 14.2 Å². The van der Waals surface area contributed by atoms with Crippen LogP contribution in [0.1, 0.15) is 68.1 Å². The number of carbonyl (C=O) groups is 2. The molecule has 7 heteroatoms. The van der Waals surface area contributed by atoms with Gasteiger partial charge in [0.25, 0.3) is 0 Å². The summed E-state index contributed by atoms with van der Waals surface area (Å²) in [5.41, 5.74) is 2.10. The third kappa shape index (κ3) is 9.44. The van der Waals surface area contributed by atoms with Crippen LogP contribution in [0.15, 0.2) is 78.9 Å². The largest absolute Gasteiger partial charge is 0.497 e. The minimum Gasteiger partial charge on any atom is -0.497 e. The molecule has 3 rings (SSSR count). The quantitative estimate of drug-likeness (QED) is 0.142. The molecule has 0 radical (unpaired) electrons. The molecule has 0 saturated carbocycles. The van der Waals surface area contributed by atoms with E-state index >= 15 is 0 Å². The van der Waals surface area contributed by atoms with Gasteiger partial charge in [-0.1, -0.05) is 61.0 Å². The standard InChI is InChI=1S/C34H43NO6/c1-39-31-19-14-28(15-20-31)34(27-11-5-3-6-12-27,29-16-21-32(40-2)22-17-29)41-26-10-8-24-35-33(38)23-18-30(37)13-7-4-9-25-36/h3,5-6,11-12,14-17,19-22,36H,4,7-10,13,18,23-26H2,1-2H3,(H,35,38). The summed E-state index contributed by atoms with van der Waals surface area (Å²) in [7, 11) is 3.30. The second kappa shape index (κ2) is 17.2. The fraction of sp³-hybridized carbons (Fsp3) is 0.412. The van der Waals surface area contributed by atoms with Crippen molar-refractivity contribution in [2.45, 2.75) is 57.0 Å². The molecule has 3 aromatic carbocycles. The normalized spacial score (nSPS) is 11.2. The van der Waals surface area contributed by atoms with Gasteiger partial charge in [-0.05, 0) is 66.6 Å². The first-order valence-corrected chi connectivity index (χ1v) is 14.4. The number of benzene rings is 3. The topological polar surface area (TPSA) is 94.1 Å². The minimum atomic E-state index is -0.861. The summed E-state index contributed by atoms with van der Waals surface area (Å²) in [6.07, 6.45) is 4.73. The van der Waals surface area contributed by atoms with Crippen molar-refractivity contribution < 1.29 is 28.9 Å². The van der Waals surface area contributed by atoms with Gasteiger partial charge in [0.1, 0.15) is 22.9 Å². The number of unbranched alkanes of at least 4 members (excludes halogenated alkanes) is 3. The van der Waals surface area contributed by atoms with E-state index < -0.39 is 5.60 Å². The van der Waals surface area contributed by atoms with Crippen molar-refractivity contribution in [3.8, 4) is 11.5 Å². The molecule has 0 atom stereocenters. The molecule has 0 fully saturated rings. The van der Waals surface area contributed by atoms with E-state index in [4.69, 9.17) is 19.3 Å². The highest BCUT2D eigenvalue weighted by Gasteiger charge is 2.37. The van der Waals surface area contributed by atoms with Gasteiger partial charge < -0.3 is 24.6 Å². The number of hydrogen-bond acceptors (Lipinski definition) is 6. The summed E-state index contributed by atoms with van der Waals surface area (Å²) in [5, 5.41) is 11.7. The fourth-order valence-corrected chi connectivity index (χ4v) is 4.83. The number of methoxy groups -OCH3 is 2. The van der Waals surface area contributed by atoms with Crippen LogP contribution < -0.4 is 14.8 Å². The molecule has 0 heterocycles. The van der Waals surface area contributed by atoms with E-state index in [2.05, 4.69) is 17.4 Å². The molecule has 3 aromatic rings. The average Bonchev–Trinajstić information content (AvgIpc) is 3.02. The molecule has 0 aliphatic rings. The number of aliphatic hydroxyl groups excluding tert-OH is 1.